The molecule has 2 amide bonds. The third kappa shape index (κ3) is 5.72. The molecule has 1 aliphatic carbocycles. The summed E-state index contributed by atoms with van der Waals surface area (Å²) in [5, 5.41) is 14.7. The van der Waals surface area contributed by atoms with E-state index in [1.807, 2.05) is 42.2 Å². The quantitative estimate of drug-likeness (QED) is 0.630. The molecule has 0 saturated heterocycles. The minimum Gasteiger partial charge on any atom is -0.480 e. The fourth-order valence-corrected chi connectivity index (χ4v) is 3.10. The molecule has 1 unspecified atom stereocenters. The zero-order valence-corrected chi connectivity index (χ0v) is 14.8. The van der Waals surface area contributed by atoms with Crippen LogP contribution in [-0.4, -0.2) is 60.8 Å². The number of rotatable bonds is 9. The molecule has 1 aromatic rings. The summed E-state index contributed by atoms with van der Waals surface area (Å²) in [6.45, 7) is 3.09. The highest BCUT2D eigenvalue weighted by Gasteiger charge is 2.34. The van der Waals surface area contributed by atoms with Crippen molar-refractivity contribution in [2.45, 2.75) is 38.0 Å². The number of carboxylic acids is 1. The number of amides is 2. The summed E-state index contributed by atoms with van der Waals surface area (Å²) < 4.78 is 5.43. The van der Waals surface area contributed by atoms with E-state index < -0.39 is 5.97 Å². The molecular formula is C18H27N3O4. The van der Waals surface area contributed by atoms with Crippen LogP contribution in [0.1, 0.15) is 31.4 Å². The number of nitrogens with zero attached hydrogens (tertiary/aromatic N) is 1. The molecule has 138 valence electrons. The van der Waals surface area contributed by atoms with Gasteiger partial charge in [-0.25, -0.2) is 4.79 Å². The summed E-state index contributed by atoms with van der Waals surface area (Å²) in [6, 6.07) is 9.83. The second-order valence-electron chi connectivity index (χ2n) is 6.27. The summed E-state index contributed by atoms with van der Waals surface area (Å²) in [6.07, 6.45) is 1.37. The zero-order valence-electron chi connectivity index (χ0n) is 14.8. The first-order valence-corrected chi connectivity index (χ1v) is 8.61. The first-order chi connectivity index (χ1) is 12.0. The maximum atomic E-state index is 12.0. The van der Waals surface area contributed by atoms with Crippen LogP contribution < -0.4 is 10.6 Å². The lowest BCUT2D eigenvalue weighted by Gasteiger charge is -2.42. The van der Waals surface area contributed by atoms with Gasteiger partial charge in [-0.15, -0.1) is 0 Å². The van der Waals surface area contributed by atoms with Crippen LogP contribution in [0, 0.1) is 0 Å². The largest absolute Gasteiger partial charge is 0.480 e. The summed E-state index contributed by atoms with van der Waals surface area (Å²) in [4.78, 5) is 24.8. The standard InChI is InChI=1S/C18H27N3O4/c1-3-21(12-17(22)23)15-9-14(10-15)20-18(24)19-11-16(25-2)13-7-5-4-6-8-13/h4-8,14-16H,3,9-12H2,1-2H3,(H,22,23)(H2,19,20,24). The summed E-state index contributed by atoms with van der Waals surface area (Å²) in [5.41, 5.74) is 1.02. The van der Waals surface area contributed by atoms with E-state index in [9.17, 15) is 9.59 Å². The van der Waals surface area contributed by atoms with Crippen molar-refractivity contribution in [1.29, 1.82) is 0 Å². The lowest BCUT2D eigenvalue weighted by atomic mass is 9.85. The number of hydrogen-bond acceptors (Lipinski definition) is 4. The van der Waals surface area contributed by atoms with E-state index in [1.165, 1.54) is 0 Å². The Balaban J connectivity index is 1.70. The molecule has 1 aliphatic rings. The van der Waals surface area contributed by atoms with Gasteiger partial charge in [-0.1, -0.05) is 37.3 Å². The summed E-state index contributed by atoms with van der Waals surface area (Å²) >= 11 is 0. The van der Waals surface area contributed by atoms with Gasteiger partial charge in [0.2, 0.25) is 0 Å². The first-order valence-electron chi connectivity index (χ1n) is 8.61. The number of carbonyl (C=O) groups excluding carboxylic acids is 1. The van der Waals surface area contributed by atoms with Crippen LogP contribution in [0.2, 0.25) is 0 Å². The van der Waals surface area contributed by atoms with E-state index in [4.69, 9.17) is 9.84 Å². The minimum absolute atomic E-state index is 0.0483. The fourth-order valence-electron chi connectivity index (χ4n) is 3.10. The molecule has 0 heterocycles. The molecule has 1 aromatic carbocycles. The van der Waals surface area contributed by atoms with Gasteiger partial charge >= 0.3 is 12.0 Å². The smallest absolute Gasteiger partial charge is 0.317 e. The van der Waals surface area contributed by atoms with Crippen molar-refractivity contribution in [1.82, 2.24) is 15.5 Å². The molecule has 7 nitrogen and oxygen atoms in total. The van der Waals surface area contributed by atoms with Crippen LogP contribution in [0.25, 0.3) is 0 Å². The number of aliphatic carboxylic acids is 1. The number of hydrogen-bond donors (Lipinski definition) is 3. The Morgan fingerprint density at radius 3 is 2.56 bits per heavy atom. The number of urea groups is 1. The van der Waals surface area contributed by atoms with Gasteiger partial charge in [-0.2, -0.15) is 0 Å². The second kappa shape index (κ2) is 9.39. The molecule has 0 bridgehead atoms. The molecule has 3 N–H and O–H groups in total. The third-order valence-corrected chi connectivity index (χ3v) is 4.61. The SMILES string of the molecule is CCN(CC(=O)O)C1CC(NC(=O)NCC(OC)c2ccccc2)C1. The number of carboxylic acid groups (broad SMARTS) is 1. The number of methoxy groups -OCH3 is 1. The maximum Gasteiger partial charge on any atom is 0.317 e. The van der Waals surface area contributed by atoms with Gasteiger partial charge in [0.05, 0.1) is 12.6 Å². The molecule has 0 aromatic heterocycles. The van der Waals surface area contributed by atoms with Gasteiger partial charge < -0.3 is 20.5 Å². The van der Waals surface area contributed by atoms with Crippen LogP contribution >= 0.6 is 0 Å². The van der Waals surface area contributed by atoms with Crippen molar-refractivity contribution in [3.05, 3.63) is 35.9 Å². The van der Waals surface area contributed by atoms with Gasteiger partial charge in [0.1, 0.15) is 0 Å². The van der Waals surface area contributed by atoms with Crippen molar-refractivity contribution in [2.75, 3.05) is 26.7 Å². The van der Waals surface area contributed by atoms with E-state index in [-0.39, 0.29) is 30.8 Å². The molecule has 0 spiro atoms. The van der Waals surface area contributed by atoms with Gasteiger partial charge in [0, 0.05) is 25.7 Å². The van der Waals surface area contributed by atoms with Crippen LogP contribution in [-0.2, 0) is 9.53 Å². The molecule has 25 heavy (non-hydrogen) atoms. The van der Waals surface area contributed by atoms with Gasteiger partial charge in [-0.3, -0.25) is 9.69 Å². The van der Waals surface area contributed by atoms with Gasteiger partial charge in [-0.05, 0) is 24.9 Å². The lowest BCUT2D eigenvalue weighted by Crippen LogP contribution is -2.56. The second-order valence-corrected chi connectivity index (χ2v) is 6.27. The number of benzene rings is 1. The molecule has 0 radical (unpaired) electrons. The lowest BCUT2D eigenvalue weighted by molar-refractivity contribution is -0.139. The van der Waals surface area contributed by atoms with Crippen molar-refractivity contribution in [3.63, 3.8) is 0 Å². The maximum absolute atomic E-state index is 12.0. The topological polar surface area (TPSA) is 90.9 Å². The average molecular weight is 349 g/mol. The Hall–Kier alpha value is -2.12. The third-order valence-electron chi connectivity index (χ3n) is 4.61. The molecular weight excluding hydrogens is 322 g/mol. The molecule has 1 saturated carbocycles. The minimum atomic E-state index is -0.817. The Kier molecular flexibility index (Phi) is 7.21. The monoisotopic (exact) mass is 349 g/mol. The van der Waals surface area contributed by atoms with E-state index in [0.29, 0.717) is 13.1 Å². The first kappa shape index (κ1) is 19.2. The van der Waals surface area contributed by atoms with Crippen LogP contribution in [0.4, 0.5) is 4.79 Å². The summed E-state index contributed by atoms with van der Waals surface area (Å²) in [7, 11) is 1.62. The number of carbonyl (C=O) groups is 2. The van der Waals surface area contributed by atoms with E-state index in [1.54, 1.807) is 7.11 Å². The highest BCUT2D eigenvalue weighted by atomic mass is 16.5. The van der Waals surface area contributed by atoms with Gasteiger partial charge in [0.15, 0.2) is 0 Å². The van der Waals surface area contributed by atoms with Crippen molar-refractivity contribution >= 4 is 12.0 Å². The summed E-state index contributed by atoms with van der Waals surface area (Å²) in [5.74, 6) is -0.817. The van der Waals surface area contributed by atoms with Crippen molar-refractivity contribution in [3.8, 4) is 0 Å². The number of ether oxygens (including phenoxy) is 1. The van der Waals surface area contributed by atoms with E-state index in [0.717, 1.165) is 18.4 Å². The Morgan fingerprint density at radius 1 is 1.32 bits per heavy atom. The van der Waals surface area contributed by atoms with Gasteiger partial charge in [0.25, 0.3) is 0 Å². The fraction of sp³-hybridized carbons (Fsp3) is 0.556. The highest BCUT2D eigenvalue weighted by molar-refractivity contribution is 5.74. The van der Waals surface area contributed by atoms with Crippen molar-refractivity contribution < 1.29 is 19.4 Å². The van der Waals surface area contributed by atoms with Crippen LogP contribution in [0.3, 0.4) is 0 Å². The molecule has 0 aliphatic heterocycles. The normalized spacial score (nSPS) is 20.6. The predicted molar refractivity (Wildman–Crippen MR) is 94.4 cm³/mol. The number of nitrogens with one attached hydrogen (secondary N) is 2. The van der Waals surface area contributed by atoms with Crippen LogP contribution in [0.15, 0.2) is 30.3 Å². The average Bonchev–Trinajstić information content (AvgIpc) is 2.57. The Bertz CT molecular complexity index is 561. The Morgan fingerprint density at radius 2 is 2.00 bits per heavy atom. The highest BCUT2D eigenvalue weighted by Crippen LogP contribution is 2.25. The zero-order chi connectivity index (χ0) is 18.2. The van der Waals surface area contributed by atoms with E-state index in [2.05, 4.69) is 10.6 Å². The van der Waals surface area contributed by atoms with E-state index >= 15 is 0 Å². The molecule has 2 rings (SSSR count). The number of likely N-dealkylation sites (N-methyl/N-ethyl adjacent to an activating group) is 1. The molecule has 1 fully saturated rings. The van der Waals surface area contributed by atoms with Crippen molar-refractivity contribution in [2.24, 2.45) is 0 Å². The molecule has 7 heteroatoms. The molecule has 1 atom stereocenters. The Labute approximate surface area is 148 Å². The predicted octanol–water partition coefficient (Wildman–Crippen LogP) is 1.61. The van der Waals surface area contributed by atoms with Crippen LogP contribution in [0.5, 0.6) is 0 Å².